The van der Waals surface area contributed by atoms with Crippen LogP contribution in [0.15, 0.2) is 29.6 Å². The van der Waals surface area contributed by atoms with E-state index in [0.717, 1.165) is 86.6 Å². The van der Waals surface area contributed by atoms with Crippen molar-refractivity contribution in [3.05, 3.63) is 35.2 Å². The van der Waals surface area contributed by atoms with Crippen LogP contribution in [0.25, 0.3) is 11.3 Å². The lowest BCUT2D eigenvalue weighted by molar-refractivity contribution is 0.388. The molecule has 0 aliphatic carbocycles. The predicted octanol–water partition coefficient (Wildman–Crippen LogP) is 3.59. The maximum Gasteiger partial charge on any atom is 0.232 e. The third kappa shape index (κ3) is 5.35. The molecule has 0 atom stereocenters. The summed E-state index contributed by atoms with van der Waals surface area (Å²) in [5.41, 5.74) is 2.38. The van der Waals surface area contributed by atoms with E-state index in [0.29, 0.717) is 10.7 Å². The summed E-state index contributed by atoms with van der Waals surface area (Å²) in [6.45, 7) is 7.18. The molecule has 0 radical (unpaired) electrons. The van der Waals surface area contributed by atoms with Gasteiger partial charge in [0.1, 0.15) is 0 Å². The zero-order valence-electron chi connectivity index (χ0n) is 21.2. The zero-order chi connectivity index (χ0) is 25.9. The second-order valence-electron chi connectivity index (χ2n) is 9.76. The Kier molecular flexibility index (Phi) is 7.20. The number of aromatic nitrogens is 4. The van der Waals surface area contributed by atoms with Gasteiger partial charge in [-0.25, -0.2) is 4.98 Å². The first-order chi connectivity index (χ1) is 18.7. The molecule has 12 heteroatoms. The number of hydrogen-bond donors (Lipinski definition) is 1. The van der Waals surface area contributed by atoms with Gasteiger partial charge in [-0.05, 0) is 50.0 Å². The van der Waals surface area contributed by atoms with E-state index in [-0.39, 0.29) is 0 Å². The Morgan fingerprint density at radius 1 is 0.816 bits per heavy atom. The summed E-state index contributed by atoms with van der Waals surface area (Å²) in [5.74, 6) is 2.40. The molecular weight excluding hydrogens is 516 g/mol. The SMILES string of the molecule is N#Cc1cccc(-c2csc(NC(=S)N3CCN(c4nc(N5CCCC5)nc(N5CCCC5)n4)CC3)n2)c1. The Labute approximate surface area is 231 Å². The van der Waals surface area contributed by atoms with Gasteiger partial charge in [0.15, 0.2) is 10.2 Å². The van der Waals surface area contributed by atoms with Crippen LogP contribution >= 0.6 is 23.6 Å². The molecule has 1 aromatic carbocycles. The topological polar surface area (TPSA) is 100 Å². The molecule has 0 amide bonds. The maximum atomic E-state index is 9.17. The minimum Gasteiger partial charge on any atom is -0.345 e. The number of benzene rings is 1. The third-order valence-corrected chi connectivity index (χ3v) is 8.35. The number of piperazine rings is 1. The summed E-state index contributed by atoms with van der Waals surface area (Å²) in [4.78, 5) is 28.3. The molecule has 5 heterocycles. The maximum absolute atomic E-state index is 9.17. The highest BCUT2D eigenvalue weighted by molar-refractivity contribution is 7.80. The van der Waals surface area contributed by atoms with Gasteiger partial charge in [-0.2, -0.15) is 20.2 Å². The van der Waals surface area contributed by atoms with Gasteiger partial charge in [0, 0.05) is 63.3 Å². The second kappa shape index (κ2) is 11.0. The van der Waals surface area contributed by atoms with Gasteiger partial charge in [0.2, 0.25) is 17.8 Å². The van der Waals surface area contributed by atoms with E-state index >= 15 is 0 Å². The van der Waals surface area contributed by atoms with E-state index in [9.17, 15) is 5.26 Å². The lowest BCUT2D eigenvalue weighted by Gasteiger charge is -2.36. The molecule has 0 unspecified atom stereocenters. The van der Waals surface area contributed by atoms with E-state index in [1.54, 1.807) is 6.07 Å². The standard InChI is InChI=1S/C26H30N10S2/c27-17-19-6-5-7-20(16-19)21-18-38-25(28-21)32-26(37)36-14-12-35(13-15-36)24-30-22(33-8-1-2-9-33)29-23(31-24)34-10-3-4-11-34/h5-7,16,18H,1-4,8-15H2,(H,28,32,37). The number of thiazole rings is 1. The fourth-order valence-electron chi connectivity index (χ4n) is 5.09. The molecule has 3 aliphatic rings. The third-order valence-electron chi connectivity index (χ3n) is 7.23. The van der Waals surface area contributed by atoms with Crippen LogP contribution < -0.4 is 20.0 Å². The molecule has 196 valence electrons. The summed E-state index contributed by atoms with van der Waals surface area (Å²) < 4.78 is 0. The van der Waals surface area contributed by atoms with Crippen LogP contribution in [-0.2, 0) is 0 Å². The van der Waals surface area contributed by atoms with Crippen LogP contribution in [0.2, 0.25) is 0 Å². The Morgan fingerprint density at radius 2 is 1.39 bits per heavy atom. The number of thiocarbonyl (C=S) groups is 1. The lowest BCUT2D eigenvalue weighted by atomic mass is 10.1. The Morgan fingerprint density at radius 3 is 1.97 bits per heavy atom. The molecule has 3 saturated heterocycles. The normalized spacial score (nSPS) is 17.7. The molecule has 0 saturated carbocycles. The number of nitrogens with one attached hydrogen (secondary N) is 1. The van der Waals surface area contributed by atoms with E-state index < -0.39 is 0 Å². The highest BCUT2D eigenvalue weighted by atomic mass is 32.1. The van der Waals surface area contributed by atoms with E-state index in [1.807, 2.05) is 23.6 Å². The fourth-order valence-corrected chi connectivity index (χ4v) is 6.16. The number of nitrogens with zero attached hydrogens (tertiary/aromatic N) is 9. The van der Waals surface area contributed by atoms with Crippen molar-refractivity contribution in [3.63, 3.8) is 0 Å². The Bertz CT molecular complexity index is 1300. The van der Waals surface area contributed by atoms with Crippen molar-refractivity contribution < 1.29 is 0 Å². The van der Waals surface area contributed by atoms with Gasteiger partial charge in [-0.1, -0.05) is 12.1 Å². The average molecular weight is 547 g/mol. The summed E-state index contributed by atoms with van der Waals surface area (Å²) in [6, 6.07) is 9.66. The first kappa shape index (κ1) is 24.8. The average Bonchev–Trinajstić information content (AvgIpc) is 3.76. The van der Waals surface area contributed by atoms with Crippen LogP contribution in [-0.4, -0.2) is 82.3 Å². The molecule has 3 aromatic rings. The van der Waals surface area contributed by atoms with E-state index in [1.165, 1.54) is 37.0 Å². The minimum absolute atomic E-state index is 0.622. The van der Waals surface area contributed by atoms with Gasteiger partial charge >= 0.3 is 0 Å². The van der Waals surface area contributed by atoms with Crippen LogP contribution in [0.3, 0.4) is 0 Å². The van der Waals surface area contributed by atoms with Crippen molar-refractivity contribution >= 4 is 51.6 Å². The van der Waals surface area contributed by atoms with E-state index in [4.69, 9.17) is 27.2 Å². The van der Waals surface area contributed by atoms with Crippen LogP contribution in [0, 0.1) is 11.3 Å². The van der Waals surface area contributed by atoms with Crippen LogP contribution in [0.4, 0.5) is 23.0 Å². The van der Waals surface area contributed by atoms with Gasteiger partial charge in [-0.15, -0.1) is 11.3 Å². The molecule has 3 fully saturated rings. The van der Waals surface area contributed by atoms with Crippen molar-refractivity contribution in [2.75, 3.05) is 72.4 Å². The quantitative estimate of drug-likeness (QED) is 0.475. The molecule has 0 bridgehead atoms. The monoisotopic (exact) mass is 546 g/mol. The van der Waals surface area contributed by atoms with E-state index in [2.05, 4.69) is 36.0 Å². The molecule has 10 nitrogen and oxygen atoms in total. The largest absolute Gasteiger partial charge is 0.345 e. The molecule has 0 spiro atoms. The fraction of sp³-hybridized carbons (Fsp3) is 0.462. The first-order valence-electron chi connectivity index (χ1n) is 13.2. The van der Waals surface area contributed by atoms with Gasteiger partial charge < -0.3 is 24.9 Å². The molecule has 6 rings (SSSR count). The van der Waals surface area contributed by atoms with Crippen molar-refractivity contribution in [3.8, 4) is 17.3 Å². The molecule has 1 N–H and O–H groups in total. The molecule has 2 aromatic heterocycles. The minimum atomic E-state index is 0.622. The summed E-state index contributed by atoms with van der Waals surface area (Å²) in [7, 11) is 0. The molecule has 3 aliphatic heterocycles. The highest BCUT2D eigenvalue weighted by Crippen LogP contribution is 2.27. The first-order valence-corrected chi connectivity index (χ1v) is 14.5. The van der Waals surface area contributed by atoms with Gasteiger partial charge in [0.05, 0.1) is 17.3 Å². The zero-order valence-corrected chi connectivity index (χ0v) is 22.8. The number of anilines is 4. The smallest absolute Gasteiger partial charge is 0.232 e. The van der Waals surface area contributed by atoms with Crippen LogP contribution in [0.5, 0.6) is 0 Å². The molecule has 38 heavy (non-hydrogen) atoms. The Hall–Kier alpha value is -3.56. The number of nitriles is 1. The van der Waals surface area contributed by atoms with Crippen molar-refractivity contribution in [1.82, 2.24) is 24.8 Å². The van der Waals surface area contributed by atoms with Crippen molar-refractivity contribution in [1.29, 1.82) is 5.26 Å². The number of hydrogen-bond acceptors (Lipinski definition) is 10. The number of rotatable bonds is 5. The van der Waals surface area contributed by atoms with Crippen molar-refractivity contribution in [2.24, 2.45) is 0 Å². The second-order valence-corrected chi connectivity index (χ2v) is 11.0. The van der Waals surface area contributed by atoms with Gasteiger partial charge in [0.25, 0.3) is 0 Å². The summed E-state index contributed by atoms with van der Waals surface area (Å²) in [6.07, 6.45) is 4.76. The van der Waals surface area contributed by atoms with Crippen LogP contribution in [0.1, 0.15) is 31.2 Å². The highest BCUT2D eigenvalue weighted by Gasteiger charge is 2.26. The van der Waals surface area contributed by atoms with Gasteiger partial charge in [-0.3, -0.25) is 0 Å². The van der Waals surface area contributed by atoms with Crippen molar-refractivity contribution in [2.45, 2.75) is 25.7 Å². The summed E-state index contributed by atoms with van der Waals surface area (Å²) in [5, 5.41) is 15.9. The Balaban J connectivity index is 1.10. The molecular formula is C26H30N10S2. The predicted molar refractivity (Wildman–Crippen MR) is 155 cm³/mol. The lowest BCUT2D eigenvalue weighted by Crippen LogP contribution is -2.50. The summed E-state index contributed by atoms with van der Waals surface area (Å²) >= 11 is 7.24.